The van der Waals surface area contributed by atoms with Crippen LogP contribution in [0.4, 0.5) is 5.82 Å². The maximum Gasteiger partial charge on any atom is 0.360 e. The molecule has 0 aliphatic rings. The molecule has 20 heavy (non-hydrogen) atoms. The van der Waals surface area contributed by atoms with Crippen molar-refractivity contribution in [3.63, 3.8) is 0 Å². The number of carbonyl (C=O) groups excluding carboxylic acids is 2. The molecule has 2 heterocycles. The largest absolute Gasteiger partial charge is 0.465 e. The Morgan fingerprint density at radius 1 is 1.30 bits per heavy atom. The van der Waals surface area contributed by atoms with E-state index in [2.05, 4.69) is 9.72 Å². The molecular formula is C12H13N3O4S. The van der Waals surface area contributed by atoms with Gasteiger partial charge in [-0.25, -0.2) is 14.6 Å². The summed E-state index contributed by atoms with van der Waals surface area (Å²) in [4.78, 5) is 27.6. The average molecular weight is 295 g/mol. The molecule has 0 fully saturated rings. The summed E-state index contributed by atoms with van der Waals surface area (Å²) in [7, 11) is 2.55. The Kier molecular flexibility index (Phi) is 3.75. The Balaban J connectivity index is 2.58. The van der Waals surface area contributed by atoms with Gasteiger partial charge in [0, 0.05) is 0 Å². The first-order valence-electron chi connectivity index (χ1n) is 5.59. The van der Waals surface area contributed by atoms with Crippen LogP contribution in [0.3, 0.4) is 0 Å². The smallest absolute Gasteiger partial charge is 0.360 e. The van der Waals surface area contributed by atoms with E-state index in [-0.39, 0.29) is 11.5 Å². The minimum atomic E-state index is -0.631. The number of anilines is 1. The molecule has 7 nitrogen and oxygen atoms in total. The van der Waals surface area contributed by atoms with Crippen LogP contribution in [-0.2, 0) is 9.47 Å². The number of methoxy groups -OCH3 is 2. The number of imidazole rings is 1. The van der Waals surface area contributed by atoms with Crippen molar-refractivity contribution in [2.75, 3.05) is 20.0 Å². The molecule has 2 aromatic heterocycles. The van der Waals surface area contributed by atoms with Gasteiger partial charge < -0.3 is 15.2 Å². The number of rotatable bonds is 3. The van der Waals surface area contributed by atoms with E-state index in [9.17, 15) is 9.59 Å². The van der Waals surface area contributed by atoms with Crippen LogP contribution in [-0.4, -0.2) is 35.7 Å². The SMILES string of the molecule is COC(=O)c1ncn(-c2c(C)csc2C(=O)OC)c1N. The van der Waals surface area contributed by atoms with Gasteiger partial charge in [-0.1, -0.05) is 0 Å². The second-order valence-electron chi connectivity index (χ2n) is 3.93. The first-order chi connectivity index (χ1) is 9.51. The quantitative estimate of drug-likeness (QED) is 0.860. The van der Waals surface area contributed by atoms with E-state index in [1.54, 1.807) is 5.38 Å². The van der Waals surface area contributed by atoms with Crippen molar-refractivity contribution in [3.05, 3.63) is 27.8 Å². The van der Waals surface area contributed by atoms with Gasteiger partial charge in [-0.05, 0) is 17.9 Å². The van der Waals surface area contributed by atoms with Crippen molar-refractivity contribution in [3.8, 4) is 5.69 Å². The standard InChI is InChI=1S/C12H13N3O4S/c1-6-4-20-9(12(17)19-3)8(6)15-5-14-7(10(15)13)11(16)18-2/h4-5H,13H2,1-3H3. The molecule has 0 radical (unpaired) electrons. The molecule has 106 valence electrons. The summed E-state index contributed by atoms with van der Waals surface area (Å²) >= 11 is 1.24. The second kappa shape index (κ2) is 5.33. The second-order valence-corrected chi connectivity index (χ2v) is 4.81. The van der Waals surface area contributed by atoms with Crippen molar-refractivity contribution in [1.82, 2.24) is 9.55 Å². The van der Waals surface area contributed by atoms with Crippen LogP contribution in [0.15, 0.2) is 11.7 Å². The number of hydrogen-bond donors (Lipinski definition) is 1. The maximum absolute atomic E-state index is 11.8. The minimum Gasteiger partial charge on any atom is -0.465 e. The molecule has 0 aliphatic carbocycles. The Labute approximate surface area is 118 Å². The molecule has 0 aromatic carbocycles. The fourth-order valence-corrected chi connectivity index (χ4v) is 2.72. The van der Waals surface area contributed by atoms with E-state index in [0.717, 1.165) is 5.56 Å². The molecule has 0 aliphatic heterocycles. The van der Waals surface area contributed by atoms with Crippen LogP contribution >= 0.6 is 11.3 Å². The van der Waals surface area contributed by atoms with Crippen LogP contribution < -0.4 is 5.73 Å². The van der Waals surface area contributed by atoms with Gasteiger partial charge in [0.25, 0.3) is 0 Å². The van der Waals surface area contributed by atoms with E-state index in [4.69, 9.17) is 10.5 Å². The number of carbonyl (C=O) groups is 2. The molecule has 8 heteroatoms. The summed E-state index contributed by atoms with van der Waals surface area (Å²) in [5, 5.41) is 1.80. The van der Waals surface area contributed by atoms with Gasteiger partial charge in [-0.3, -0.25) is 4.57 Å². The lowest BCUT2D eigenvalue weighted by Gasteiger charge is -2.07. The first kappa shape index (κ1) is 14.1. The molecular weight excluding hydrogens is 282 g/mol. The third-order valence-electron chi connectivity index (χ3n) is 2.74. The molecule has 2 N–H and O–H groups in total. The summed E-state index contributed by atoms with van der Waals surface area (Å²) in [6, 6.07) is 0. The summed E-state index contributed by atoms with van der Waals surface area (Å²) in [5.41, 5.74) is 7.30. The van der Waals surface area contributed by atoms with Crippen LogP contribution in [0.1, 0.15) is 25.7 Å². The topological polar surface area (TPSA) is 96.4 Å². The third kappa shape index (κ3) is 2.14. The highest BCUT2D eigenvalue weighted by atomic mass is 32.1. The number of aryl methyl sites for hydroxylation is 1. The zero-order valence-electron chi connectivity index (χ0n) is 11.2. The van der Waals surface area contributed by atoms with Crippen LogP contribution in [0, 0.1) is 6.92 Å². The predicted octanol–water partition coefficient (Wildman–Crippen LogP) is 1.40. The summed E-state index contributed by atoms with van der Waals surface area (Å²) in [6.07, 6.45) is 1.38. The number of thiophene rings is 1. The molecule has 0 spiro atoms. The Bertz CT molecular complexity index is 674. The molecule has 2 rings (SSSR count). The van der Waals surface area contributed by atoms with Crippen LogP contribution in [0.25, 0.3) is 5.69 Å². The molecule has 2 aromatic rings. The number of nitrogens with zero attached hydrogens (tertiary/aromatic N) is 2. The van der Waals surface area contributed by atoms with Gasteiger partial charge in [-0.2, -0.15) is 0 Å². The van der Waals surface area contributed by atoms with E-state index in [1.807, 2.05) is 6.92 Å². The normalized spacial score (nSPS) is 10.3. The number of nitrogens with two attached hydrogens (primary N) is 1. The Morgan fingerprint density at radius 2 is 1.95 bits per heavy atom. The third-order valence-corrected chi connectivity index (χ3v) is 3.80. The summed E-state index contributed by atoms with van der Waals surface area (Å²) in [6.45, 7) is 1.83. The maximum atomic E-state index is 11.8. The monoisotopic (exact) mass is 295 g/mol. The lowest BCUT2D eigenvalue weighted by atomic mass is 10.2. The number of aromatic nitrogens is 2. The Hall–Kier alpha value is -2.35. The van der Waals surface area contributed by atoms with Crippen molar-refractivity contribution >= 4 is 29.1 Å². The highest BCUT2D eigenvalue weighted by Crippen LogP contribution is 2.29. The van der Waals surface area contributed by atoms with Crippen molar-refractivity contribution < 1.29 is 19.1 Å². The zero-order valence-corrected chi connectivity index (χ0v) is 12.0. The van der Waals surface area contributed by atoms with Gasteiger partial charge in [-0.15, -0.1) is 11.3 Å². The van der Waals surface area contributed by atoms with Crippen molar-refractivity contribution in [2.24, 2.45) is 0 Å². The molecule has 0 saturated heterocycles. The average Bonchev–Trinajstić information content (AvgIpc) is 3.00. The lowest BCUT2D eigenvalue weighted by molar-refractivity contribution is 0.0591. The highest BCUT2D eigenvalue weighted by Gasteiger charge is 2.23. The predicted molar refractivity (Wildman–Crippen MR) is 73.3 cm³/mol. The van der Waals surface area contributed by atoms with Crippen molar-refractivity contribution in [1.29, 1.82) is 0 Å². The van der Waals surface area contributed by atoms with E-state index >= 15 is 0 Å². The van der Waals surface area contributed by atoms with Gasteiger partial charge in [0.2, 0.25) is 0 Å². The summed E-state index contributed by atoms with van der Waals surface area (Å²) < 4.78 is 10.8. The van der Waals surface area contributed by atoms with Gasteiger partial charge in [0.05, 0.1) is 19.9 Å². The molecule has 0 atom stereocenters. The number of nitrogen functional groups attached to an aromatic ring is 1. The number of ether oxygens (including phenoxy) is 2. The molecule has 0 unspecified atom stereocenters. The zero-order chi connectivity index (χ0) is 14.9. The van der Waals surface area contributed by atoms with E-state index in [0.29, 0.717) is 10.6 Å². The lowest BCUT2D eigenvalue weighted by Crippen LogP contribution is -2.10. The molecule has 0 bridgehead atoms. The fraction of sp³-hybridized carbons (Fsp3) is 0.250. The van der Waals surface area contributed by atoms with E-state index < -0.39 is 11.9 Å². The number of esters is 2. The molecule has 0 saturated carbocycles. The van der Waals surface area contributed by atoms with Gasteiger partial charge in [0.1, 0.15) is 17.0 Å². The van der Waals surface area contributed by atoms with Crippen LogP contribution in [0.5, 0.6) is 0 Å². The van der Waals surface area contributed by atoms with Crippen LogP contribution in [0.2, 0.25) is 0 Å². The number of hydrogen-bond acceptors (Lipinski definition) is 7. The first-order valence-corrected chi connectivity index (χ1v) is 6.47. The minimum absolute atomic E-state index is 0.00826. The Morgan fingerprint density at radius 3 is 2.55 bits per heavy atom. The molecule has 0 amide bonds. The highest BCUT2D eigenvalue weighted by molar-refractivity contribution is 7.12. The van der Waals surface area contributed by atoms with Gasteiger partial charge >= 0.3 is 11.9 Å². The summed E-state index contributed by atoms with van der Waals surface area (Å²) in [5.74, 6) is -0.983. The van der Waals surface area contributed by atoms with Crippen molar-refractivity contribution in [2.45, 2.75) is 6.92 Å². The fourth-order valence-electron chi connectivity index (χ4n) is 1.76. The van der Waals surface area contributed by atoms with E-state index in [1.165, 1.54) is 36.5 Å². The van der Waals surface area contributed by atoms with Gasteiger partial charge in [0.15, 0.2) is 5.69 Å².